The molecule has 0 saturated heterocycles. The second-order valence-corrected chi connectivity index (χ2v) is 14.6. The van der Waals surface area contributed by atoms with Gasteiger partial charge in [0.05, 0.1) is 17.6 Å². The lowest BCUT2D eigenvalue weighted by molar-refractivity contribution is -0.232. The molecule has 0 spiro atoms. The smallest absolute Gasteiger partial charge is 0.310 e. The van der Waals surface area contributed by atoms with Gasteiger partial charge in [-0.25, -0.2) is 0 Å². The van der Waals surface area contributed by atoms with Crippen LogP contribution in [0, 0.1) is 56.7 Å². The number of hydrogen-bond donors (Lipinski definition) is 3. The normalized spacial score (nSPS) is 56.3. The standard InChI is InChI=1S/C30H48O4/c1-17-10-13-30(25(33)34)15-14-28(6)19(23(30)18(17)2)8-9-22-27(5)16-20(31)24(32)26(3,4)21(27)11-12-29(22,28)7/h8,17-18,20-24,31-32H,9-16H2,1-7H3,(H,33,34)/t17-,18+,20-,21-,22-,23+,24-,27+,28-,29-,30+/m1/s1. The fourth-order valence-corrected chi connectivity index (χ4v) is 11.0. The molecule has 0 radical (unpaired) electrons. The van der Waals surface area contributed by atoms with E-state index in [9.17, 15) is 20.1 Å². The van der Waals surface area contributed by atoms with Gasteiger partial charge in [-0.3, -0.25) is 4.79 Å². The molecule has 4 saturated carbocycles. The van der Waals surface area contributed by atoms with Crippen molar-refractivity contribution in [3.63, 3.8) is 0 Å². The highest BCUT2D eigenvalue weighted by Gasteiger charge is 2.70. The maximum atomic E-state index is 12.8. The Morgan fingerprint density at radius 1 is 0.941 bits per heavy atom. The Balaban J connectivity index is 1.62. The van der Waals surface area contributed by atoms with Gasteiger partial charge in [0.2, 0.25) is 0 Å². The predicted octanol–water partition coefficient (Wildman–Crippen LogP) is 6.06. The zero-order valence-electron chi connectivity index (χ0n) is 22.5. The molecule has 11 atom stereocenters. The van der Waals surface area contributed by atoms with E-state index in [0.29, 0.717) is 30.1 Å². The summed E-state index contributed by atoms with van der Waals surface area (Å²) in [6, 6.07) is 0. The van der Waals surface area contributed by atoms with Gasteiger partial charge >= 0.3 is 5.97 Å². The molecule has 0 bridgehead atoms. The van der Waals surface area contributed by atoms with Crippen molar-refractivity contribution in [2.45, 2.75) is 112 Å². The van der Waals surface area contributed by atoms with Crippen LogP contribution in [0.4, 0.5) is 0 Å². The second-order valence-electron chi connectivity index (χ2n) is 14.6. The molecule has 4 heteroatoms. The van der Waals surface area contributed by atoms with Crippen LogP contribution in [0.15, 0.2) is 11.6 Å². The minimum Gasteiger partial charge on any atom is -0.481 e. The van der Waals surface area contributed by atoms with Crippen molar-refractivity contribution in [2.24, 2.45) is 56.7 Å². The van der Waals surface area contributed by atoms with Crippen LogP contribution in [-0.4, -0.2) is 33.5 Å². The van der Waals surface area contributed by atoms with E-state index in [0.717, 1.165) is 44.9 Å². The van der Waals surface area contributed by atoms with E-state index >= 15 is 0 Å². The van der Waals surface area contributed by atoms with Crippen LogP contribution in [0.2, 0.25) is 0 Å². The molecule has 192 valence electrons. The van der Waals surface area contributed by atoms with Crippen molar-refractivity contribution >= 4 is 5.97 Å². The summed E-state index contributed by atoms with van der Waals surface area (Å²) in [5, 5.41) is 32.4. The fraction of sp³-hybridized carbons (Fsp3) is 0.900. The molecular weight excluding hydrogens is 424 g/mol. The van der Waals surface area contributed by atoms with Gasteiger partial charge < -0.3 is 15.3 Å². The number of carbonyl (C=O) groups is 1. The summed E-state index contributed by atoms with van der Waals surface area (Å²) in [7, 11) is 0. The monoisotopic (exact) mass is 472 g/mol. The van der Waals surface area contributed by atoms with Gasteiger partial charge in [0.1, 0.15) is 0 Å². The molecule has 5 aliphatic carbocycles. The van der Waals surface area contributed by atoms with E-state index in [1.54, 1.807) is 0 Å². The van der Waals surface area contributed by atoms with Crippen LogP contribution in [0.5, 0.6) is 0 Å². The van der Waals surface area contributed by atoms with Gasteiger partial charge in [0.15, 0.2) is 0 Å². The summed E-state index contributed by atoms with van der Waals surface area (Å²) in [5.41, 5.74) is 0.574. The third kappa shape index (κ3) is 2.76. The van der Waals surface area contributed by atoms with E-state index in [1.807, 2.05) is 0 Å². The lowest BCUT2D eigenvalue weighted by Gasteiger charge is -2.71. The number of aliphatic carboxylic acids is 1. The number of allylic oxidation sites excluding steroid dienone is 2. The molecule has 0 amide bonds. The Morgan fingerprint density at radius 3 is 2.26 bits per heavy atom. The highest BCUT2D eigenvalue weighted by atomic mass is 16.4. The first-order valence-corrected chi connectivity index (χ1v) is 14.0. The summed E-state index contributed by atoms with van der Waals surface area (Å²) in [6.07, 6.45) is 8.53. The SMILES string of the molecule is C[C@H]1[C@H](C)CC[C@]2(C(=O)O)CC[C@]3(C)C(=CC[C@@H]4[C@@]5(C)C[C@@H](O)[C@@H](O)C(C)(C)[C@H]5CC[C@]43C)[C@H]12. The summed E-state index contributed by atoms with van der Waals surface area (Å²) >= 11 is 0. The van der Waals surface area contributed by atoms with E-state index < -0.39 is 23.6 Å². The average molecular weight is 473 g/mol. The Hall–Kier alpha value is -0.870. The Morgan fingerprint density at radius 2 is 1.62 bits per heavy atom. The quantitative estimate of drug-likeness (QED) is 0.405. The first-order valence-electron chi connectivity index (χ1n) is 14.0. The first kappa shape index (κ1) is 24.8. The van der Waals surface area contributed by atoms with Gasteiger partial charge in [-0.2, -0.15) is 0 Å². The zero-order valence-corrected chi connectivity index (χ0v) is 22.5. The van der Waals surface area contributed by atoms with E-state index in [-0.39, 0.29) is 27.6 Å². The van der Waals surface area contributed by atoms with Crippen LogP contribution in [0.3, 0.4) is 0 Å². The lowest BCUT2D eigenvalue weighted by Crippen LogP contribution is -2.67. The van der Waals surface area contributed by atoms with Crippen LogP contribution in [0.1, 0.15) is 99.8 Å². The minimum absolute atomic E-state index is 0.00993. The summed E-state index contributed by atoms with van der Waals surface area (Å²) < 4.78 is 0. The number of aliphatic hydroxyl groups is 2. The van der Waals surface area contributed by atoms with Crippen molar-refractivity contribution in [1.82, 2.24) is 0 Å². The van der Waals surface area contributed by atoms with Crippen LogP contribution in [0.25, 0.3) is 0 Å². The summed E-state index contributed by atoms with van der Waals surface area (Å²) in [5.74, 6) is 1.30. The number of rotatable bonds is 1. The number of hydrogen-bond acceptors (Lipinski definition) is 3. The maximum Gasteiger partial charge on any atom is 0.310 e. The molecular formula is C30H48O4. The fourth-order valence-electron chi connectivity index (χ4n) is 11.0. The Labute approximate surface area is 206 Å². The maximum absolute atomic E-state index is 12.8. The zero-order chi connectivity index (χ0) is 25.1. The van der Waals surface area contributed by atoms with Crippen LogP contribution < -0.4 is 0 Å². The minimum atomic E-state index is -0.679. The van der Waals surface area contributed by atoms with Crippen LogP contribution in [-0.2, 0) is 4.79 Å². The van der Waals surface area contributed by atoms with Crippen molar-refractivity contribution in [3.8, 4) is 0 Å². The number of carboxylic acid groups (broad SMARTS) is 1. The third-order valence-corrected chi connectivity index (χ3v) is 13.4. The van der Waals surface area contributed by atoms with Crippen molar-refractivity contribution in [1.29, 1.82) is 0 Å². The molecule has 3 N–H and O–H groups in total. The molecule has 0 aromatic rings. The molecule has 0 aliphatic heterocycles. The molecule has 0 heterocycles. The van der Waals surface area contributed by atoms with Crippen molar-refractivity contribution in [2.75, 3.05) is 0 Å². The molecule has 0 aromatic carbocycles. The van der Waals surface area contributed by atoms with E-state index in [4.69, 9.17) is 0 Å². The van der Waals surface area contributed by atoms with Crippen molar-refractivity contribution in [3.05, 3.63) is 11.6 Å². The third-order valence-electron chi connectivity index (χ3n) is 13.4. The number of fused-ring (bicyclic) bond motifs is 7. The van der Waals surface area contributed by atoms with Gasteiger partial charge in [0, 0.05) is 0 Å². The number of carboxylic acids is 1. The van der Waals surface area contributed by atoms with Gasteiger partial charge in [-0.05, 0) is 103 Å². The molecule has 34 heavy (non-hydrogen) atoms. The summed E-state index contributed by atoms with van der Waals surface area (Å²) in [6.45, 7) is 16.3. The van der Waals surface area contributed by atoms with E-state index in [2.05, 4.69) is 54.5 Å². The molecule has 5 rings (SSSR count). The highest BCUT2D eigenvalue weighted by Crippen LogP contribution is 2.75. The molecule has 5 aliphatic rings. The first-order chi connectivity index (χ1) is 15.7. The van der Waals surface area contributed by atoms with Gasteiger partial charge in [0.25, 0.3) is 0 Å². The van der Waals surface area contributed by atoms with Crippen LogP contribution >= 0.6 is 0 Å². The lowest BCUT2D eigenvalue weighted by atomic mass is 9.33. The Kier molecular flexibility index (Phi) is 5.36. The molecule has 4 nitrogen and oxygen atoms in total. The van der Waals surface area contributed by atoms with Crippen molar-refractivity contribution < 1.29 is 20.1 Å². The average Bonchev–Trinajstić information content (AvgIpc) is 2.75. The topological polar surface area (TPSA) is 77.8 Å². The number of aliphatic hydroxyl groups excluding tert-OH is 2. The highest BCUT2D eigenvalue weighted by molar-refractivity contribution is 5.76. The molecule has 4 fully saturated rings. The summed E-state index contributed by atoms with van der Waals surface area (Å²) in [4.78, 5) is 12.8. The van der Waals surface area contributed by atoms with Gasteiger partial charge in [-0.15, -0.1) is 0 Å². The van der Waals surface area contributed by atoms with Gasteiger partial charge in [-0.1, -0.05) is 60.1 Å². The Bertz CT molecular complexity index is 907. The molecule has 0 unspecified atom stereocenters. The second kappa shape index (κ2) is 7.34. The largest absolute Gasteiger partial charge is 0.481 e. The van der Waals surface area contributed by atoms with E-state index in [1.165, 1.54) is 5.57 Å². The predicted molar refractivity (Wildman–Crippen MR) is 134 cm³/mol. The molecule has 0 aromatic heterocycles.